The minimum Gasteiger partial charge on any atom is -0.497 e. The Morgan fingerprint density at radius 2 is 2.28 bits per heavy atom. The second-order valence-electron chi connectivity index (χ2n) is 4.98. The topological polar surface area (TPSA) is 24.5 Å². The van der Waals surface area contributed by atoms with E-state index in [4.69, 9.17) is 4.74 Å². The summed E-state index contributed by atoms with van der Waals surface area (Å²) in [6.45, 7) is 6.70. The largest absolute Gasteiger partial charge is 0.497 e. The minimum absolute atomic E-state index is 0.695. The Morgan fingerprint density at radius 1 is 1.39 bits per heavy atom. The zero-order valence-electron chi connectivity index (χ0n) is 11.5. The lowest BCUT2D eigenvalue weighted by atomic mass is 10.1. The van der Waals surface area contributed by atoms with Crippen LogP contribution in [0.4, 0.5) is 0 Å². The molecule has 0 spiro atoms. The number of methoxy groups -OCH3 is 1. The monoisotopic (exact) mass is 248 g/mol. The molecule has 1 aliphatic heterocycles. The SMILES string of the molecule is CCC1CCN(Cc2cccc(OC)c2)CCN1. The van der Waals surface area contributed by atoms with Crippen LogP contribution < -0.4 is 10.1 Å². The van der Waals surface area contributed by atoms with Crippen molar-refractivity contribution < 1.29 is 4.74 Å². The van der Waals surface area contributed by atoms with Crippen LogP contribution in [0.5, 0.6) is 5.75 Å². The van der Waals surface area contributed by atoms with E-state index in [1.54, 1.807) is 7.11 Å². The second-order valence-corrected chi connectivity index (χ2v) is 4.98. The van der Waals surface area contributed by atoms with E-state index < -0.39 is 0 Å². The highest BCUT2D eigenvalue weighted by Gasteiger charge is 2.14. The van der Waals surface area contributed by atoms with Crippen LogP contribution >= 0.6 is 0 Å². The van der Waals surface area contributed by atoms with Gasteiger partial charge in [-0.15, -0.1) is 0 Å². The van der Waals surface area contributed by atoms with Crippen molar-refractivity contribution in [2.24, 2.45) is 0 Å². The molecule has 18 heavy (non-hydrogen) atoms. The maximum absolute atomic E-state index is 5.27. The fraction of sp³-hybridized carbons (Fsp3) is 0.600. The third-order valence-corrected chi connectivity index (χ3v) is 3.69. The van der Waals surface area contributed by atoms with Gasteiger partial charge in [0.2, 0.25) is 0 Å². The van der Waals surface area contributed by atoms with Crippen LogP contribution in [0.25, 0.3) is 0 Å². The quantitative estimate of drug-likeness (QED) is 0.884. The van der Waals surface area contributed by atoms with E-state index in [9.17, 15) is 0 Å². The Kier molecular flexibility index (Phi) is 5.02. The average Bonchev–Trinajstić information content (AvgIpc) is 2.64. The lowest BCUT2D eigenvalue weighted by Gasteiger charge is -2.19. The summed E-state index contributed by atoms with van der Waals surface area (Å²) >= 11 is 0. The van der Waals surface area contributed by atoms with Crippen LogP contribution in [-0.2, 0) is 6.54 Å². The number of hydrogen-bond acceptors (Lipinski definition) is 3. The van der Waals surface area contributed by atoms with E-state index in [2.05, 4.69) is 35.3 Å². The third-order valence-electron chi connectivity index (χ3n) is 3.69. The number of ether oxygens (including phenoxy) is 1. The molecule has 3 nitrogen and oxygen atoms in total. The van der Waals surface area contributed by atoms with E-state index in [0.29, 0.717) is 6.04 Å². The van der Waals surface area contributed by atoms with Gasteiger partial charge in [-0.2, -0.15) is 0 Å². The molecule has 0 bridgehead atoms. The van der Waals surface area contributed by atoms with Crippen LogP contribution in [0.3, 0.4) is 0 Å². The molecule has 1 atom stereocenters. The summed E-state index contributed by atoms with van der Waals surface area (Å²) in [5, 5.41) is 3.60. The van der Waals surface area contributed by atoms with Gasteiger partial charge in [-0.25, -0.2) is 0 Å². The molecule has 1 aromatic carbocycles. The molecule has 1 N–H and O–H groups in total. The summed E-state index contributed by atoms with van der Waals surface area (Å²) in [5.74, 6) is 0.951. The molecule has 1 unspecified atom stereocenters. The van der Waals surface area contributed by atoms with E-state index >= 15 is 0 Å². The molecule has 1 saturated heterocycles. The summed E-state index contributed by atoms with van der Waals surface area (Å²) < 4.78 is 5.27. The first-order valence-electron chi connectivity index (χ1n) is 6.90. The summed E-state index contributed by atoms with van der Waals surface area (Å²) in [7, 11) is 1.72. The standard InChI is InChI=1S/C15H24N2O/c1-3-14-7-9-17(10-8-16-14)12-13-5-4-6-15(11-13)18-2/h4-6,11,14,16H,3,7-10,12H2,1-2H3. The van der Waals surface area contributed by atoms with Crippen molar-refractivity contribution in [3.05, 3.63) is 29.8 Å². The van der Waals surface area contributed by atoms with Crippen molar-refractivity contribution in [2.75, 3.05) is 26.7 Å². The van der Waals surface area contributed by atoms with Gasteiger partial charge in [-0.1, -0.05) is 19.1 Å². The Bertz CT molecular complexity index is 367. The van der Waals surface area contributed by atoms with Gasteiger partial charge in [-0.05, 0) is 30.5 Å². The molecule has 3 heteroatoms. The van der Waals surface area contributed by atoms with Gasteiger partial charge in [0.05, 0.1) is 7.11 Å². The Labute approximate surface area is 110 Å². The predicted octanol–water partition coefficient (Wildman–Crippen LogP) is 2.27. The van der Waals surface area contributed by atoms with E-state index in [1.165, 1.54) is 24.9 Å². The number of nitrogens with zero attached hydrogens (tertiary/aromatic N) is 1. The van der Waals surface area contributed by atoms with E-state index in [-0.39, 0.29) is 0 Å². The van der Waals surface area contributed by atoms with Gasteiger partial charge >= 0.3 is 0 Å². The molecule has 1 aliphatic rings. The molecule has 0 saturated carbocycles. The first-order valence-corrected chi connectivity index (χ1v) is 6.90. The van der Waals surface area contributed by atoms with Crippen molar-refractivity contribution in [3.63, 3.8) is 0 Å². The molecule has 0 radical (unpaired) electrons. The van der Waals surface area contributed by atoms with Gasteiger partial charge in [0.25, 0.3) is 0 Å². The lowest BCUT2D eigenvalue weighted by Crippen LogP contribution is -2.29. The summed E-state index contributed by atoms with van der Waals surface area (Å²) in [5.41, 5.74) is 1.34. The highest BCUT2D eigenvalue weighted by atomic mass is 16.5. The van der Waals surface area contributed by atoms with Gasteiger partial charge in [0, 0.05) is 32.2 Å². The van der Waals surface area contributed by atoms with E-state index in [1.807, 2.05) is 6.07 Å². The van der Waals surface area contributed by atoms with Gasteiger partial charge in [0.1, 0.15) is 5.75 Å². The first kappa shape index (κ1) is 13.4. The minimum atomic E-state index is 0.695. The number of nitrogens with one attached hydrogen (secondary N) is 1. The summed E-state index contributed by atoms with van der Waals surface area (Å²) in [6.07, 6.45) is 2.48. The smallest absolute Gasteiger partial charge is 0.119 e. The Morgan fingerprint density at radius 3 is 3.06 bits per heavy atom. The fourth-order valence-corrected chi connectivity index (χ4v) is 2.51. The fourth-order valence-electron chi connectivity index (χ4n) is 2.51. The van der Waals surface area contributed by atoms with Crippen LogP contribution in [0.2, 0.25) is 0 Å². The zero-order chi connectivity index (χ0) is 12.8. The molecule has 1 heterocycles. The van der Waals surface area contributed by atoms with Gasteiger partial charge in [0.15, 0.2) is 0 Å². The highest BCUT2D eigenvalue weighted by molar-refractivity contribution is 5.28. The number of rotatable bonds is 4. The number of hydrogen-bond donors (Lipinski definition) is 1. The zero-order valence-corrected chi connectivity index (χ0v) is 11.5. The van der Waals surface area contributed by atoms with Crippen LogP contribution in [-0.4, -0.2) is 37.7 Å². The van der Waals surface area contributed by atoms with Crippen molar-refractivity contribution in [3.8, 4) is 5.75 Å². The van der Waals surface area contributed by atoms with Crippen molar-refractivity contribution >= 4 is 0 Å². The van der Waals surface area contributed by atoms with Crippen molar-refractivity contribution in [1.29, 1.82) is 0 Å². The normalized spacial score (nSPS) is 21.6. The summed E-state index contributed by atoms with van der Waals surface area (Å²) in [4.78, 5) is 2.53. The van der Waals surface area contributed by atoms with E-state index in [0.717, 1.165) is 25.4 Å². The first-order chi connectivity index (χ1) is 8.81. The van der Waals surface area contributed by atoms with Gasteiger partial charge in [-0.3, -0.25) is 4.90 Å². The molecule has 0 amide bonds. The molecule has 0 aliphatic carbocycles. The molecular weight excluding hydrogens is 224 g/mol. The Hall–Kier alpha value is -1.06. The molecule has 0 aromatic heterocycles. The second kappa shape index (κ2) is 6.76. The molecular formula is C15H24N2O. The number of benzene rings is 1. The maximum Gasteiger partial charge on any atom is 0.119 e. The Balaban J connectivity index is 1.92. The van der Waals surface area contributed by atoms with Gasteiger partial charge < -0.3 is 10.1 Å². The average molecular weight is 248 g/mol. The van der Waals surface area contributed by atoms with Crippen LogP contribution in [0, 0.1) is 0 Å². The molecule has 1 aromatic rings. The molecule has 100 valence electrons. The third kappa shape index (κ3) is 3.72. The van der Waals surface area contributed by atoms with Crippen molar-refractivity contribution in [2.45, 2.75) is 32.4 Å². The van der Waals surface area contributed by atoms with Crippen LogP contribution in [0.15, 0.2) is 24.3 Å². The lowest BCUT2D eigenvalue weighted by molar-refractivity contribution is 0.281. The van der Waals surface area contributed by atoms with Crippen molar-refractivity contribution in [1.82, 2.24) is 10.2 Å². The summed E-state index contributed by atoms with van der Waals surface area (Å²) in [6, 6.07) is 9.08. The molecule has 1 fully saturated rings. The predicted molar refractivity (Wildman–Crippen MR) is 75.0 cm³/mol. The maximum atomic E-state index is 5.27. The highest BCUT2D eigenvalue weighted by Crippen LogP contribution is 2.15. The molecule has 2 rings (SSSR count). The van der Waals surface area contributed by atoms with Crippen LogP contribution in [0.1, 0.15) is 25.3 Å².